The highest BCUT2D eigenvalue weighted by Crippen LogP contribution is 2.34. The van der Waals surface area contributed by atoms with Crippen molar-refractivity contribution >= 4 is 61.9 Å². The number of nitrogens with one attached hydrogen (secondary N) is 1. The van der Waals surface area contributed by atoms with Gasteiger partial charge in [0.1, 0.15) is 6.04 Å². The molecule has 11 nitrogen and oxygen atoms in total. The van der Waals surface area contributed by atoms with Crippen LogP contribution in [0.3, 0.4) is 0 Å². The number of hydrogen-bond acceptors (Lipinski definition) is 9. The molecule has 2 aliphatic rings. The second-order valence-electron chi connectivity index (χ2n) is 8.90. The monoisotopic (exact) mass is 598 g/mol. The Labute approximate surface area is 237 Å². The molecule has 1 N–H and O–H groups in total. The number of imide groups is 1. The minimum absolute atomic E-state index is 0.0486. The molecular weight excluding hydrogens is 577 g/mol. The number of thiophene rings is 1. The highest BCUT2D eigenvalue weighted by atomic mass is 32.2. The molecule has 206 valence electrons. The molecule has 2 aliphatic heterocycles. The van der Waals surface area contributed by atoms with Crippen molar-refractivity contribution in [1.82, 2.24) is 14.5 Å². The topological polar surface area (TPSA) is 147 Å². The van der Waals surface area contributed by atoms with Crippen molar-refractivity contribution < 1.29 is 27.7 Å². The Bertz CT molecular complexity index is 1640. The molecule has 0 bridgehead atoms. The van der Waals surface area contributed by atoms with E-state index in [1.807, 2.05) is 17.5 Å². The summed E-state index contributed by atoms with van der Waals surface area (Å²) < 4.78 is 28.4. The molecule has 0 unspecified atom stereocenters. The van der Waals surface area contributed by atoms with Gasteiger partial charge in [0.25, 0.3) is 26.9 Å². The van der Waals surface area contributed by atoms with Gasteiger partial charge >= 0.3 is 0 Å². The fourth-order valence-corrected chi connectivity index (χ4v) is 7.84. The van der Waals surface area contributed by atoms with E-state index in [1.165, 1.54) is 23.5 Å². The van der Waals surface area contributed by atoms with Crippen molar-refractivity contribution in [3.8, 4) is 0 Å². The molecule has 14 heteroatoms. The fraction of sp³-hybridized carbons (Fsp3) is 0.192. The van der Waals surface area contributed by atoms with Crippen LogP contribution < -0.4 is 5.32 Å². The van der Waals surface area contributed by atoms with Gasteiger partial charge in [-0.15, -0.1) is 11.3 Å². The SMILES string of the molecule is O=C(NCCN1C(=O)S/C(=C\c2cccs2)C1=O)[C@H]1Cc2ccccc2CN1S(=O)(=O)c1ccccc1[N+](=O)[O-]. The Morgan fingerprint density at radius 2 is 1.80 bits per heavy atom. The summed E-state index contributed by atoms with van der Waals surface area (Å²) in [7, 11) is -4.46. The van der Waals surface area contributed by atoms with Gasteiger partial charge in [-0.25, -0.2) is 8.42 Å². The first-order valence-corrected chi connectivity index (χ1v) is 15.2. The lowest BCUT2D eigenvalue weighted by Gasteiger charge is -2.35. The maximum atomic E-state index is 13.7. The van der Waals surface area contributed by atoms with Gasteiger partial charge in [0, 0.05) is 30.6 Å². The number of fused-ring (bicyclic) bond motifs is 1. The van der Waals surface area contributed by atoms with E-state index in [9.17, 15) is 32.9 Å². The minimum Gasteiger partial charge on any atom is -0.353 e. The third-order valence-corrected chi connectivity index (χ3v) is 10.1. The summed E-state index contributed by atoms with van der Waals surface area (Å²) >= 11 is 2.24. The molecule has 0 aliphatic carbocycles. The number of nitrogens with zero attached hydrogens (tertiary/aromatic N) is 3. The van der Waals surface area contributed by atoms with Gasteiger partial charge in [-0.05, 0) is 52.9 Å². The summed E-state index contributed by atoms with van der Waals surface area (Å²) in [5, 5.41) is 15.6. The number of benzene rings is 2. The lowest BCUT2D eigenvalue weighted by Crippen LogP contribution is -2.53. The Morgan fingerprint density at radius 3 is 2.52 bits per heavy atom. The zero-order valence-corrected chi connectivity index (χ0v) is 23.2. The Hall–Kier alpha value is -3.85. The van der Waals surface area contributed by atoms with Gasteiger partial charge in [0.05, 0.1) is 9.83 Å². The fourth-order valence-electron chi connectivity index (χ4n) is 4.53. The van der Waals surface area contributed by atoms with E-state index in [0.29, 0.717) is 5.56 Å². The van der Waals surface area contributed by atoms with Crippen molar-refractivity contribution in [2.45, 2.75) is 23.9 Å². The number of carbonyl (C=O) groups is 3. The van der Waals surface area contributed by atoms with Crippen molar-refractivity contribution in [3.63, 3.8) is 0 Å². The van der Waals surface area contributed by atoms with Crippen LogP contribution in [0.1, 0.15) is 16.0 Å². The van der Waals surface area contributed by atoms with E-state index < -0.39 is 48.6 Å². The van der Waals surface area contributed by atoms with Gasteiger partial charge in [0.2, 0.25) is 5.91 Å². The highest BCUT2D eigenvalue weighted by molar-refractivity contribution is 8.18. The van der Waals surface area contributed by atoms with Crippen molar-refractivity contribution in [3.05, 3.63) is 97.1 Å². The Balaban J connectivity index is 1.34. The van der Waals surface area contributed by atoms with Gasteiger partial charge < -0.3 is 5.32 Å². The largest absolute Gasteiger partial charge is 0.353 e. The molecule has 2 aromatic carbocycles. The summed E-state index contributed by atoms with van der Waals surface area (Å²) in [6.07, 6.45) is 1.69. The minimum atomic E-state index is -4.46. The molecule has 1 aromatic heterocycles. The van der Waals surface area contributed by atoms with Crippen molar-refractivity contribution in [2.24, 2.45) is 0 Å². The second kappa shape index (κ2) is 11.3. The molecule has 3 heterocycles. The lowest BCUT2D eigenvalue weighted by atomic mass is 9.95. The standard InChI is InChI=1S/C26H22N4O7S3/c31-24(27-11-12-28-25(32)22(39-26(28)33)15-19-8-5-13-38-19)21-14-17-6-1-2-7-18(17)16-29(21)40(36,37)23-10-4-3-9-20(23)30(34)35/h1-10,13,15,21H,11-12,14,16H2,(H,27,31)/b22-15-/t21-/m1/s1. The van der Waals surface area contributed by atoms with Gasteiger partial charge in [-0.1, -0.05) is 42.5 Å². The maximum absolute atomic E-state index is 13.7. The maximum Gasteiger partial charge on any atom is 0.293 e. The first-order valence-electron chi connectivity index (χ1n) is 12.1. The van der Waals surface area contributed by atoms with Crippen LogP contribution in [0.5, 0.6) is 0 Å². The third-order valence-electron chi connectivity index (χ3n) is 6.48. The Morgan fingerprint density at radius 1 is 1.07 bits per heavy atom. The van der Waals surface area contributed by atoms with E-state index in [0.717, 1.165) is 43.5 Å². The van der Waals surface area contributed by atoms with E-state index in [-0.39, 0.29) is 31.0 Å². The molecule has 1 saturated heterocycles. The third kappa shape index (κ3) is 5.43. The number of hydrogen-bond donors (Lipinski definition) is 1. The van der Waals surface area contributed by atoms with Gasteiger partial charge in [0.15, 0.2) is 4.90 Å². The van der Waals surface area contributed by atoms with Crippen molar-refractivity contribution in [2.75, 3.05) is 13.1 Å². The lowest BCUT2D eigenvalue weighted by molar-refractivity contribution is -0.387. The molecule has 0 spiro atoms. The molecule has 1 fully saturated rings. The van der Waals surface area contributed by atoms with Gasteiger partial charge in [-0.2, -0.15) is 4.31 Å². The van der Waals surface area contributed by atoms with Crippen LogP contribution in [0.2, 0.25) is 0 Å². The van der Waals surface area contributed by atoms with Crippen LogP contribution >= 0.6 is 23.1 Å². The quantitative estimate of drug-likeness (QED) is 0.235. The van der Waals surface area contributed by atoms with Crippen LogP contribution in [0.25, 0.3) is 6.08 Å². The average Bonchev–Trinajstić information content (AvgIpc) is 3.55. The van der Waals surface area contributed by atoms with E-state index >= 15 is 0 Å². The van der Waals surface area contributed by atoms with Gasteiger partial charge in [-0.3, -0.25) is 29.4 Å². The summed E-state index contributed by atoms with van der Waals surface area (Å²) in [6, 6.07) is 14.5. The number of sulfonamides is 1. The van der Waals surface area contributed by atoms with E-state index in [4.69, 9.17) is 0 Å². The van der Waals surface area contributed by atoms with E-state index in [1.54, 1.807) is 30.3 Å². The normalized spacial score (nSPS) is 18.6. The molecule has 1 atom stereocenters. The molecule has 0 radical (unpaired) electrons. The molecule has 3 amide bonds. The van der Waals surface area contributed by atoms with Crippen LogP contribution in [-0.4, -0.2) is 58.7 Å². The number of rotatable bonds is 8. The predicted octanol–water partition coefficient (Wildman–Crippen LogP) is 3.62. The molecule has 0 saturated carbocycles. The zero-order valence-electron chi connectivity index (χ0n) is 20.8. The molecule has 3 aromatic rings. The van der Waals surface area contributed by atoms with Crippen molar-refractivity contribution in [1.29, 1.82) is 0 Å². The number of nitro groups is 1. The number of carbonyl (C=O) groups excluding carboxylic acids is 3. The number of nitro benzene ring substituents is 1. The first-order chi connectivity index (χ1) is 19.2. The average molecular weight is 599 g/mol. The summed E-state index contributed by atoms with van der Waals surface area (Å²) in [5.41, 5.74) is 0.876. The summed E-state index contributed by atoms with van der Waals surface area (Å²) in [5.74, 6) is -1.11. The summed E-state index contributed by atoms with van der Waals surface area (Å²) in [4.78, 5) is 51.0. The van der Waals surface area contributed by atoms with E-state index in [2.05, 4.69) is 5.32 Å². The highest BCUT2D eigenvalue weighted by Gasteiger charge is 2.42. The summed E-state index contributed by atoms with van der Waals surface area (Å²) in [6.45, 7) is -0.349. The van der Waals surface area contributed by atoms with Crippen LogP contribution in [0, 0.1) is 10.1 Å². The predicted molar refractivity (Wildman–Crippen MR) is 150 cm³/mol. The Kier molecular flexibility index (Phi) is 7.85. The molecular formula is C26H22N4O7S3. The van der Waals surface area contributed by atoms with Crippen LogP contribution in [0.4, 0.5) is 10.5 Å². The number of para-hydroxylation sites is 1. The number of amides is 3. The van der Waals surface area contributed by atoms with Crippen LogP contribution in [0.15, 0.2) is 75.8 Å². The number of thioether (sulfide) groups is 1. The zero-order chi connectivity index (χ0) is 28.4. The van der Waals surface area contributed by atoms with Crippen LogP contribution in [-0.2, 0) is 32.6 Å². The molecule has 40 heavy (non-hydrogen) atoms. The second-order valence-corrected chi connectivity index (χ2v) is 12.7. The smallest absolute Gasteiger partial charge is 0.293 e. The first kappa shape index (κ1) is 27.7. The molecule has 5 rings (SSSR count).